The number of carboxylic acid groups (broad SMARTS) is 1. The molecule has 2 aliphatic heterocycles. The average molecular weight is 318 g/mol. The maximum absolute atomic E-state index is 12.0. The second-order valence-electron chi connectivity index (χ2n) is 7.00. The van der Waals surface area contributed by atoms with E-state index in [1.165, 1.54) is 5.56 Å². The summed E-state index contributed by atoms with van der Waals surface area (Å²) in [5.74, 6) is -0.448. The summed E-state index contributed by atoms with van der Waals surface area (Å²) in [6.07, 6.45) is 7.51. The molecule has 0 radical (unpaired) electrons. The van der Waals surface area contributed by atoms with Crippen LogP contribution in [0, 0.1) is 11.3 Å². The summed E-state index contributed by atoms with van der Waals surface area (Å²) in [5, 5.41) is 14.1. The van der Waals surface area contributed by atoms with Crippen molar-refractivity contribution in [2.24, 2.45) is 18.4 Å². The molecule has 0 aromatic carbocycles. The molecule has 23 heavy (non-hydrogen) atoms. The third kappa shape index (κ3) is 3.19. The lowest BCUT2D eigenvalue weighted by atomic mass is 9.75. The Morgan fingerprint density at radius 1 is 1.52 bits per heavy atom. The minimum absolute atomic E-state index is 0.180. The lowest BCUT2D eigenvalue weighted by Crippen LogP contribution is -2.41. The quantitative estimate of drug-likeness (QED) is 0.827. The molecule has 0 bridgehead atoms. The molecule has 2 atom stereocenters. The van der Waals surface area contributed by atoms with Gasteiger partial charge in [-0.05, 0) is 19.4 Å². The number of nitrogens with zero attached hydrogens (tertiary/aromatic N) is 4. The van der Waals surface area contributed by atoms with E-state index in [2.05, 4.69) is 21.5 Å². The van der Waals surface area contributed by atoms with E-state index < -0.39 is 11.4 Å². The van der Waals surface area contributed by atoms with Crippen LogP contribution < -0.4 is 0 Å². The fourth-order valence-corrected chi connectivity index (χ4v) is 4.24. The van der Waals surface area contributed by atoms with Crippen molar-refractivity contribution in [3.8, 4) is 0 Å². The Morgan fingerprint density at radius 3 is 2.96 bits per heavy atom. The molecule has 0 spiro atoms. The van der Waals surface area contributed by atoms with Gasteiger partial charge in [0.1, 0.15) is 0 Å². The molecule has 6 heteroatoms. The van der Waals surface area contributed by atoms with Crippen molar-refractivity contribution in [1.29, 1.82) is 0 Å². The molecule has 0 saturated carbocycles. The van der Waals surface area contributed by atoms with Gasteiger partial charge in [0.05, 0.1) is 11.6 Å². The van der Waals surface area contributed by atoms with Crippen molar-refractivity contribution in [2.75, 3.05) is 32.7 Å². The van der Waals surface area contributed by atoms with Crippen molar-refractivity contribution in [3.63, 3.8) is 0 Å². The molecule has 1 aromatic rings. The minimum Gasteiger partial charge on any atom is -0.481 e. The Bertz CT molecular complexity index is 585. The SMILES string of the molecule is C=CCN1C[C@H]2CN(Cc3cnn(C)c3)CCC[C@@]2(C(=O)O)C1. The van der Waals surface area contributed by atoms with E-state index in [0.717, 1.165) is 45.6 Å². The molecule has 3 heterocycles. The third-order valence-electron chi connectivity index (χ3n) is 5.32. The second-order valence-corrected chi connectivity index (χ2v) is 7.00. The Kier molecular flexibility index (Phi) is 4.55. The van der Waals surface area contributed by atoms with Gasteiger partial charge in [0.15, 0.2) is 0 Å². The number of carboxylic acids is 1. The highest BCUT2D eigenvalue weighted by Gasteiger charge is 2.52. The van der Waals surface area contributed by atoms with E-state index in [1.54, 1.807) is 0 Å². The molecule has 3 rings (SSSR count). The number of likely N-dealkylation sites (tertiary alicyclic amines) is 2. The summed E-state index contributed by atoms with van der Waals surface area (Å²) >= 11 is 0. The highest BCUT2D eigenvalue weighted by atomic mass is 16.4. The minimum atomic E-state index is -0.628. The van der Waals surface area contributed by atoms with E-state index in [1.807, 2.05) is 30.2 Å². The van der Waals surface area contributed by atoms with Gasteiger partial charge in [-0.1, -0.05) is 6.08 Å². The van der Waals surface area contributed by atoms with Crippen LogP contribution >= 0.6 is 0 Å². The van der Waals surface area contributed by atoms with Crippen LogP contribution in [0.5, 0.6) is 0 Å². The standard InChI is InChI=1S/C17H26N4O2/c1-3-6-21-12-15-11-20(10-14-8-18-19(2)9-14)7-4-5-17(15,13-21)16(22)23/h3,8-9,15H,1,4-7,10-13H2,2H3,(H,22,23)/t15-,17-/m1/s1. The number of hydrogen-bond donors (Lipinski definition) is 1. The van der Waals surface area contributed by atoms with Crippen molar-refractivity contribution in [1.82, 2.24) is 19.6 Å². The molecule has 1 N–H and O–H groups in total. The Hall–Kier alpha value is -1.66. The molecule has 2 fully saturated rings. The van der Waals surface area contributed by atoms with Crippen LogP contribution in [0.1, 0.15) is 18.4 Å². The summed E-state index contributed by atoms with van der Waals surface area (Å²) in [6, 6.07) is 0. The Morgan fingerprint density at radius 2 is 2.30 bits per heavy atom. The van der Waals surface area contributed by atoms with Crippen LogP contribution in [-0.2, 0) is 18.4 Å². The van der Waals surface area contributed by atoms with Crippen LogP contribution in [0.2, 0.25) is 0 Å². The predicted octanol–water partition coefficient (Wildman–Crippen LogP) is 1.20. The maximum atomic E-state index is 12.0. The maximum Gasteiger partial charge on any atom is 0.311 e. The van der Waals surface area contributed by atoms with Gasteiger partial charge in [-0.15, -0.1) is 6.58 Å². The molecule has 0 aliphatic carbocycles. The smallest absolute Gasteiger partial charge is 0.311 e. The van der Waals surface area contributed by atoms with Gasteiger partial charge in [-0.3, -0.25) is 19.3 Å². The van der Waals surface area contributed by atoms with Crippen molar-refractivity contribution in [3.05, 3.63) is 30.6 Å². The topological polar surface area (TPSA) is 61.6 Å². The van der Waals surface area contributed by atoms with E-state index in [9.17, 15) is 9.90 Å². The highest BCUT2D eigenvalue weighted by Crippen LogP contribution is 2.43. The number of aryl methyl sites for hydroxylation is 1. The molecule has 2 saturated heterocycles. The lowest BCUT2D eigenvalue weighted by molar-refractivity contribution is -0.150. The fraction of sp³-hybridized carbons (Fsp3) is 0.647. The summed E-state index contributed by atoms with van der Waals surface area (Å²) < 4.78 is 1.82. The highest BCUT2D eigenvalue weighted by molar-refractivity contribution is 5.76. The number of aliphatic carboxylic acids is 1. The van der Waals surface area contributed by atoms with Gasteiger partial charge < -0.3 is 5.11 Å². The molecule has 126 valence electrons. The van der Waals surface area contributed by atoms with Crippen molar-refractivity contribution >= 4 is 5.97 Å². The number of fused-ring (bicyclic) bond motifs is 1. The van der Waals surface area contributed by atoms with E-state index in [-0.39, 0.29) is 5.92 Å². The first kappa shape index (κ1) is 16.2. The van der Waals surface area contributed by atoms with Crippen LogP contribution in [0.4, 0.5) is 0 Å². The summed E-state index contributed by atoms with van der Waals surface area (Å²) in [6.45, 7) is 8.72. The summed E-state index contributed by atoms with van der Waals surface area (Å²) in [5.41, 5.74) is 0.600. The number of hydrogen-bond acceptors (Lipinski definition) is 4. The van der Waals surface area contributed by atoms with Gasteiger partial charge in [-0.2, -0.15) is 5.10 Å². The van der Waals surface area contributed by atoms with Gasteiger partial charge in [0, 0.05) is 57.4 Å². The first-order valence-electron chi connectivity index (χ1n) is 8.30. The monoisotopic (exact) mass is 318 g/mol. The molecule has 2 aliphatic rings. The predicted molar refractivity (Wildman–Crippen MR) is 87.9 cm³/mol. The van der Waals surface area contributed by atoms with Crippen molar-refractivity contribution in [2.45, 2.75) is 19.4 Å². The fourth-order valence-electron chi connectivity index (χ4n) is 4.24. The molecular weight excluding hydrogens is 292 g/mol. The zero-order valence-corrected chi connectivity index (χ0v) is 13.8. The van der Waals surface area contributed by atoms with Crippen LogP contribution in [0.25, 0.3) is 0 Å². The first-order valence-corrected chi connectivity index (χ1v) is 8.30. The normalized spacial score (nSPS) is 29.2. The number of carbonyl (C=O) groups is 1. The molecular formula is C17H26N4O2. The Balaban J connectivity index is 1.75. The zero-order valence-electron chi connectivity index (χ0n) is 13.8. The van der Waals surface area contributed by atoms with Crippen LogP contribution in [0.3, 0.4) is 0 Å². The van der Waals surface area contributed by atoms with E-state index >= 15 is 0 Å². The Labute approximate surface area is 137 Å². The van der Waals surface area contributed by atoms with E-state index in [0.29, 0.717) is 6.54 Å². The molecule has 6 nitrogen and oxygen atoms in total. The average Bonchev–Trinajstić information content (AvgIpc) is 3.00. The summed E-state index contributed by atoms with van der Waals surface area (Å²) in [7, 11) is 1.92. The second kappa shape index (κ2) is 6.45. The van der Waals surface area contributed by atoms with Crippen LogP contribution in [0.15, 0.2) is 25.0 Å². The van der Waals surface area contributed by atoms with Gasteiger partial charge in [0.2, 0.25) is 0 Å². The number of rotatable bonds is 5. The lowest BCUT2D eigenvalue weighted by Gasteiger charge is -2.29. The first-order chi connectivity index (χ1) is 11.0. The molecule has 0 amide bonds. The zero-order chi connectivity index (χ0) is 16.4. The summed E-state index contributed by atoms with van der Waals surface area (Å²) in [4.78, 5) is 16.7. The molecule has 1 aromatic heterocycles. The van der Waals surface area contributed by atoms with Crippen LogP contribution in [-0.4, -0.2) is 63.4 Å². The number of aromatic nitrogens is 2. The van der Waals surface area contributed by atoms with E-state index in [4.69, 9.17) is 0 Å². The third-order valence-corrected chi connectivity index (χ3v) is 5.32. The van der Waals surface area contributed by atoms with Gasteiger partial charge in [0.25, 0.3) is 0 Å². The van der Waals surface area contributed by atoms with Crippen molar-refractivity contribution < 1.29 is 9.90 Å². The van der Waals surface area contributed by atoms with Gasteiger partial charge >= 0.3 is 5.97 Å². The molecule has 0 unspecified atom stereocenters. The largest absolute Gasteiger partial charge is 0.481 e. The van der Waals surface area contributed by atoms with Gasteiger partial charge in [-0.25, -0.2) is 0 Å².